The van der Waals surface area contributed by atoms with Gasteiger partial charge in [0.1, 0.15) is 0 Å². The lowest BCUT2D eigenvalue weighted by Gasteiger charge is -2.16. The number of aliphatic hydroxyl groups excluding tert-OH is 1. The molecule has 0 fully saturated rings. The third-order valence-electron chi connectivity index (χ3n) is 2.96. The Bertz CT molecular complexity index is 632. The van der Waals surface area contributed by atoms with Crippen LogP contribution in [-0.4, -0.2) is 18.5 Å². The molecule has 0 spiro atoms. The molecular formula is C13H18N2O3S2. The number of hydrogen-bond donors (Lipinski definition) is 3. The molecule has 5 nitrogen and oxygen atoms in total. The molecule has 0 aliphatic heterocycles. The molecule has 2 rings (SSSR count). The highest BCUT2D eigenvalue weighted by Crippen LogP contribution is 2.25. The molecule has 1 unspecified atom stereocenters. The first-order valence-corrected chi connectivity index (χ1v) is 8.77. The summed E-state index contributed by atoms with van der Waals surface area (Å²) >= 11 is 1.54. The van der Waals surface area contributed by atoms with E-state index in [1.54, 1.807) is 11.3 Å². The molecule has 2 aromatic heterocycles. The van der Waals surface area contributed by atoms with Crippen molar-refractivity contribution in [1.82, 2.24) is 9.71 Å². The number of sulfonamides is 1. The van der Waals surface area contributed by atoms with Crippen molar-refractivity contribution in [3.8, 4) is 0 Å². The number of H-pyrrole nitrogens is 1. The largest absolute Gasteiger partial charge is 0.390 e. The Kier molecular flexibility index (Phi) is 4.98. The van der Waals surface area contributed by atoms with Crippen molar-refractivity contribution in [1.29, 1.82) is 0 Å². The van der Waals surface area contributed by atoms with Gasteiger partial charge < -0.3 is 10.1 Å². The quantitative estimate of drug-likeness (QED) is 0.734. The molecule has 0 aromatic carbocycles. The fraction of sp³-hybridized carbons (Fsp3) is 0.385. The summed E-state index contributed by atoms with van der Waals surface area (Å²) in [5, 5.41) is 10.9. The van der Waals surface area contributed by atoms with Crippen LogP contribution in [0.25, 0.3) is 0 Å². The van der Waals surface area contributed by atoms with E-state index in [2.05, 4.69) is 9.71 Å². The Hall–Kier alpha value is -1.15. The third-order valence-corrected chi connectivity index (χ3v) is 5.40. The predicted octanol–water partition coefficient (Wildman–Crippen LogP) is 2.39. The summed E-state index contributed by atoms with van der Waals surface area (Å²) in [5.74, 6) is 0. The summed E-state index contributed by atoms with van der Waals surface area (Å²) < 4.78 is 27.4. The highest BCUT2D eigenvalue weighted by molar-refractivity contribution is 7.89. The van der Waals surface area contributed by atoms with Crippen LogP contribution in [0.2, 0.25) is 0 Å². The van der Waals surface area contributed by atoms with Crippen LogP contribution in [0.4, 0.5) is 0 Å². The maximum absolute atomic E-state index is 12.3. The fourth-order valence-corrected chi connectivity index (χ4v) is 4.11. The van der Waals surface area contributed by atoms with Gasteiger partial charge in [-0.15, -0.1) is 11.3 Å². The van der Waals surface area contributed by atoms with Crippen LogP contribution < -0.4 is 4.72 Å². The summed E-state index contributed by atoms with van der Waals surface area (Å²) in [6, 6.07) is 5.08. The monoisotopic (exact) mass is 314 g/mol. The third kappa shape index (κ3) is 3.49. The number of nitrogens with one attached hydrogen (secondary N) is 2. The van der Waals surface area contributed by atoms with E-state index in [0.717, 1.165) is 17.7 Å². The lowest BCUT2D eigenvalue weighted by Crippen LogP contribution is -2.27. The van der Waals surface area contributed by atoms with Crippen LogP contribution in [-0.2, 0) is 16.6 Å². The maximum atomic E-state index is 12.3. The minimum atomic E-state index is -3.58. The van der Waals surface area contributed by atoms with E-state index < -0.39 is 10.0 Å². The van der Waals surface area contributed by atoms with Crippen molar-refractivity contribution < 1.29 is 13.5 Å². The van der Waals surface area contributed by atoms with E-state index >= 15 is 0 Å². The van der Waals surface area contributed by atoms with Gasteiger partial charge in [0.15, 0.2) is 0 Å². The second kappa shape index (κ2) is 6.53. The molecular weight excluding hydrogens is 296 g/mol. The van der Waals surface area contributed by atoms with Crippen LogP contribution in [0.15, 0.2) is 34.7 Å². The first-order valence-electron chi connectivity index (χ1n) is 6.40. The van der Waals surface area contributed by atoms with Gasteiger partial charge in [0, 0.05) is 16.8 Å². The highest BCUT2D eigenvalue weighted by Gasteiger charge is 2.22. The fourth-order valence-electron chi connectivity index (χ4n) is 1.96. The normalized spacial score (nSPS) is 13.5. The second-order valence-electron chi connectivity index (χ2n) is 4.50. The van der Waals surface area contributed by atoms with E-state index in [1.807, 2.05) is 24.4 Å². The summed E-state index contributed by atoms with van der Waals surface area (Å²) in [5.41, 5.74) is 0.480. The van der Waals surface area contributed by atoms with Gasteiger partial charge in [0.2, 0.25) is 10.0 Å². The zero-order valence-corrected chi connectivity index (χ0v) is 12.8. The molecule has 2 aromatic rings. The van der Waals surface area contributed by atoms with Gasteiger partial charge >= 0.3 is 0 Å². The lowest BCUT2D eigenvalue weighted by atomic mass is 10.1. The average Bonchev–Trinajstić information content (AvgIpc) is 3.09. The summed E-state index contributed by atoms with van der Waals surface area (Å²) in [4.78, 5) is 3.89. The molecule has 0 radical (unpaired) electrons. The second-order valence-corrected chi connectivity index (χ2v) is 7.19. The zero-order chi connectivity index (χ0) is 14.6. The predicted molar refractivity (Wildman–Crippen MR) is 79.0 cm³/mol. The average molecular weight is 314 g/mol. The van der Waals surface area contributed by atoms with Gasteiger partial charge in [0.05, 0.1) is 17.5 Å². The number of rotatable bonds is 7. The number of aromatic amines is 1. The smallest absolute Gasteiger partial charge is 0.242 e. The van der Waals surface area contributed by atoms with Crippen molar-refractivity contribution in [3.05, 3.63) is 40.3 Å². The number of aromatic nitrogens is 1. The molecule has 3 N–H and O–H groups in total. The van der Waals surface area contributed by atoms with Gasteiger partial charge in [-0.2, -0.15) is 0 Å². The van der Waals surface area contributed by atoms with Gasteiger partial charge in [-0.05, 0) is 23.9 Å². The molecule has 1 atom stereocenters. The van der Waals surface area contributed by atoms with Crippen molar-refractivity contribution in [2.45, 2.75) is 37.3 Å². The van der Waals surface area contributed by atoms with E-state index in [-0.39, 0.29) is 17.5 Å². The SMILES string of the molecule is CCCC(NS(=O)(=O)c1c[nH]c(CO)c1)c1cccs1. The first kappa shape index (κ1) is 15.2. The standard InChI is InChI=1S/C13H18N2O3S2/c1-2-4-12(13-5-3-6-19-13)15-20(17,18)11-7-10(9-16)14-8-11/h3,5-8,12,14-16H,2,4,9H2,1H3. The summed E-state index contributed by atoms with van der Waals surface area (Å²) in [7, 11) is -3.58. The molecule has 110 valence electrons. The van der Waals surface area contributed by atoms with Crippen LogP contribution in [0.1, 0.15) is 36.4 Å². The van der Waals surface area contributed by atoms with Gasteiger partial charge in [-0.1, -0.05) is 19.4 Å². The van der Waals surface area contributed by atoms with Gasteiger partial charge in [-0.25, -0.2) is 13.1 Å². The van der Waals surface area contributed by atoms with Gasteiger partial charge in [-0.3, -0.25) is 0 Å². The molecule has 20 heavy (non-hydrogen) atoms. The molecule has 0 aliphatic rings. The molecule has 0 saturated carbocycles. The lowest BCUT2D eigenvalue weighted by molar-refractivity contribution is 0.277. The Morgan fingerprint density at radius 1 is 1.50 bits per heavy atom. The summed E-state index contributed by atoms with van der Waals surface area (Å²) in [6.45, 7) is 1.81. The molecule has 0 bridgehead atoms. The molecule has 7 heteroatoms. The van der Waals surface area contributed by atoms with Crippen molar-refractivity contribution in [2.75, 3.05) is 0 Å². The van der Waals surface area contributed by atoms with Gasteiger partial charge in [0.25, 0.3) is 0 Å². The first-order chi connectivity index (χ1) is 9.56. The van der Waals surface area contributed by atoms with Crippen LogP contribution in [0, 0.1) is 0 Å². The Labute approximate surface area is 122 Å². The van der Waals surface area contributed by atoms with Crippen molar-refractivity contribution in [3.63, 3.8) is 0 Å². The molecule has 0 amide bonds. The minimum absolute atomic E-state index is 0.152. The maximum Gasteiger partial charge on any atom is 0.242 e. The Morgan fingerprint density at radius 3 is 2.85 bits per heavy atom. The number of thiophene rings is 1. The van der Waals surface area contributed by atoms with E-state index in [1.165, 1.54) is 12.3 Å². The number of aliphatic hydroxyl groups is 1. The minimum Gasteiger partial charge on any atom is -0.390 e. The molecule has 2 heterocycles. The van der Waals surface area contributed by atoms with Crippen LogP contribution in [0.5, 0.6) is 0 Å². The van der Waals surface area contributed by atoms with E-state index in [0.29, 0.717) is 5.69 Å². The van der Waals surface area contributed by atoms with E-state index in [9.17, 15) is 8.42 Å². The topological polar surface area (TPSA) is 82.2 Å². The van der Waals surface area contributed by atoms with Crippen molar-refractivity contribution >= 4 is 21.4 Å². The summed E-state index contributed by atoms with van der Waals surface area (Å²) in [6.07, 6.45) is 3.03. The van der Waals surface area contributed by atoms with Crippen molar-refractivity contribution in [2.24, 2.45) is 0 Å². The molecule has 0 saturated heterocycles. The highest BCUT2D eigenvalue weighted by atomic mass is 32.2. The number of hydrogen-bond acceptors (Lipinski definition) is 4. The van der Waals surface area contributed by atoms with Crippen LogP contribution in [0.3, 0.4) is 0 Å². The molecule has 0 aliphatic carbocycles. The Morgan fingerprint density at radius 2 is 2.30 bits per heavy atom. The Balaban J connectivity index is 2.20. The van der Waals surface area contributed by atoms with Crippen LogP contribution >= 0.6 is 11.3 Å². The van der Waals surface area contributed by atoms with E-state index in [4.69, 9.17) is 5.11 Å². The zero-order valence-electron chi connectivity index (χ0n) is 11.2.